The van der Waals surface area contributed by atoms with Crippen molar-refractivity contribution >= 4 is 39.1 Å². The molecule has 4 rings (SSSR count). The normalized spacial score (nSPS) is 14.4. The van der Waals surface area contributed by atoms with Crippen molar-refractivity contribution in [2.24, 2.45) is 0 Å². The van der Waals surface area contributed by atoms with Crippen LogP contribution in [0, 0.1) is 20.8 Å². The Morgan fingerprint density at radius 2 is 1.64 bits per heavy atom. The van der Waals surface area contributed by atoms with Crippen LogP contribution in [-0.2, 0) is 26.2 Å². The van der Waals surface area contributed by atoms with Gasteiger partial charge >= 0.3 is 0 Å². The maximum Gasteiger partial charge on any atom is 0.264 e. The second-order valence-electron chi connectivity index (χ2n) is 11.2. The standard InChI is InChI=1S/C33H40ClN3O4S/c1-5-30(33(39)35-28-11-6-7-12-28)36(21-26-10-8-9-24(3)19-26)32(38)22-37(31-20-27(34)16-15-25(31)4)42(40,41)29-17-13-23(2)14-18-29/h8-10,13-20,28,30H,5-7,11-12,21-22H2,1-4H3,(H,35,39)/t30-/m0/s1. The number of carbonyl (C=O) groups is 2. The van der Waals surface area contributed by atoms with Crippen LogP contribution in [0.25, 0.3) is 0 Å². The molecule has 1 saturated carbocycles. The van der Waals surface area contributed by atoms with Crippen molar-refractivity contribution in [1.82, 2.24) is 10.2 Å². The molecule has 0 heterocycles. The number of hydrogen-bond acceptors (Lipinski definition) is 4. The highest BCUT2D eigenvalue weighted by Crippen LogP contribution is 2.30. The molecule has 0 aromatic heterocycles. The number of hydrogen-bond donors (Lipinski definition) is 1. The summed E-state index contributed by atoms with van der Waals surface area (Å²) in [5.41, 5.74) is 3.78. The average Bonchev–Trinajstić information content (AvgIpc) is 3.46. The fraction of sp³-hybridized carbons (Fsp3) is 0.394. The van der Waals surface area contributed by atoms with Gasteiger partial charge in [0.05, 0.1) is 10.6 Å². The van der Waals surface area contributed by atoms with Crippen molar-refractivity contribution < 1.29 is 18.0 Å². The monoisotopic (exact) mass is 609 g/mol. The van der Waals surface area contributed by atoms with Gasteiger partial charge in [0.1, 0.15) is 12.6 Å². The number of carbonyl (C=O) groups excluding carboxylic acids is 2. The van der Waals surface area contributed by atoms with Gasteiger partial charge in [0.2, 0.25) is 11.8 Å². The second-order valence-corrected chi connectivity index (χ2v) is 13.5. The first-order valence-corrected chi connectivity index (χ1v) is 16.3. The Labute approximate surface area is 254 Å². The van der Waals surface area contributed by atoms with Crippen LogP contribution >= 0.6 is 11.6 Å². The zero-order chi connectivity index (χ0) is 30.4. The molecule has 42 heavy (non-hydrogen) atoms. The lowest BCUT2D eigenvalue weighted by Gasteiger charge is -2.34. The third-order valence-corrected chi connectivity index (χ3v) is 9.86. The van der Waals surface area contributed by atoms with Crippen LogP contribution in [0.5, 0.6) is 0 Å². The van der Waals surface area contributed by atoms with E-state index in [2.05, 4.69) is 5.32 Å². The predicted molar refractivity (Wildman–Crippen MR) is 168 cm³/mol. The van der Waals surface area contributed by atoms with Gasteiger partial charge in [-0.25, -0.2) is 8.42 Å². The fourth-order valence-electron chi connectivity index (χ4n) is 5.50. The average molecular weight is 610 g/mol. The Kier molecular flexibility index (Phi) is 10.3. The molecule has 0 saturated heterocycles. The molecule has 1 N–H and O–H groups in total. The topological polar surface area (TPSA) is 86.8 Å². The molecular weight excluding hydrogens is 570 g/mol. The van der Waals surface area contributed by atoms with Gasteiger partial charge < -0.3 is 10.2 Å². The van der Waals surface area contributed by atoms with Crippen molar-refractivity contribution in [2.45, 2.75) is 83.3 Å². The number of aryl methyl sites for hydroxylation is 3. The molecule has 9 heteroatoms. The number of halogens is 1. The van der Waals surface area contributed by atoms with Crippen molar-refractivity contribution in [2.75, 3.05) is 10.8 Å². The van der Waals surface area contributed by atoms with Gasteiger partial charge in [0, 0.05) is 17.6 Å². The molecule has 0 aliphatic heterocycles. The van der Waals surface area contributed by atoms with Gasteiger partial charge in [0.25, 0.3) is 10.0 Å². The minimum Gasteiger partial charge on any atom is -0.352 e. The molecule has 1 aliphatic carbocycles. The Morgan fingerprint density at radius 1 is 0.952 bits per heavy atom. The van der Waals surface area contributed by atoms with E-state index in [1.807, 2.05) is 45.0 Å². The lowest BCUT2D eigenvalue weighted by Crippen LogP contribution is -2.53. The molecule has 224 valence electrons. The Balaban J connectivity index is 1.75. The number of anilines is 1. The number of sulfonamides is 1. The van der Waals surface area contributed by atoms with Crippen LogP contribution in [0.15, 0.2) is 71.6 Å². The highest BCUT2D eigenvalue weighted by Gasteiger charge is 2.35. The van der Waals surface area contributed by atoms with Crippen LogP contribution in [0.3, 0.4) is 0 Å². The largest absolute Gasteiger partial charge is 0.352 e. The molecule has 0 bridgehead atoms. The van der Waals surface area contributed by atoms with E-state index >= 15 is 0 Å². The molecular formula is C33H40ClN3O4S. The highest BCUT2D eigenvalue weighted by molar-refractivity contribution is 7.92. The first-order chi connectivity index (χ1) is 20.0. The minimum atomic E-state index is -4.16. The minimum absolute atomic E-state index is 0.0662. The molecule has 1 aliphatic rings. The fourth-order valence-corrected chi connectivity index (χ4v) is 7.13. The van der Waals surface area contributed by atoms with E-state index in [1.54, 1.807) is 37.3 Å². The van der Waals surface area contributed by atoms with E-state index in [9.17, 15) is 18.0 Å². The van der Waals surface area contributed by atoms with Gasteiger partial charge in [-0.15, -0.1) is 0 Å². The Bertz CT molecular complexity index is 1520. The first-order valence-electron chi connectivity index (χ1n) is 14.5. The molecule has 2 amide bonds. The first kappa shape index (κ1) is 31.6. The van der Waals surface area contributed by atoms with Crippen molar-refractivity contribution in [3.05, 3.63) is 94.0 Å². The SMILES string of the molecule is CC[C@@H](C(=O)NC1CCCC1)N(Cc1cccc(C)c1)C(=O)CN(c1cc(Cl)ccc1C)S(=O)(=O)c1ccc(C)cc1. The second kappa shape index (κ2) is 13.7. The van der Waals surface area contributed by atoms with Gasteiger partial charge in [0.15, 0.2) is 0 Å². The smallest absolute Gasteiger partial charge is 0.264 e. The molecule has 0 radical (unpaired) electrons. The van der Waals surface area contributed by atoms with Crippen LogP contribution in [0.4, 0.5) is 5.69 Å². The Hall–Kier alpha value is -3.36. The molecule has 0 unspecified atom stereocenters. The summed E-state index contributed by atoms with van der Waals surface area (Å²) < 4.78 is 29.3. The van der Waals surface area contributed by atoms with E-state index in [1.165, 1.54) is 17.0 Å². The summed E-state index contributed by atoms with van der Waals surface area (Å²) in [6, 6.07) is 18.6. The van der Waals surface area contributed by atoms with E-state index in [0.717, 1.165) is 46.7 Å². The third-order valence-electron chi connectivity index (χ3n) is 7.85. The number of nitrogens with one attached hydrogen (secondary N) is 1. The maximum absolute atomic E-state index is 14.3. The predicted octanol–water partition coefficient (Wildman–Crippen LogP) is 6.33. The van der Waals surface area contributed by atoms with Gasteiger partial charge in [-0.1, -0.05) is 85.0 Å². The van der Waals surface area contributed by atoms with Crippen molar-refractivity contribution in [1.29, 1.82) is 0 Å². The highest BCUT2D eigenvalue weighted by atomic mass is 35.5. The van der Waals surface area contributed by atoms with E-state index < -0.39 is 28.5 Å². The maximum atomic E-state index is 14.3. The van der Waals surface area contributed by atoms with E-state index in [4.69, 9.17) is 11.6 Å². The Morgan fingerprint density at radius 3 is 2.29 bits per heavy atom. The molecule has 1 atom stereocenters. The van der Waals surface area contributed by atoms with Crippen LogP contribution in [0.2, 0.25) is 5.02 Å². The summed E-state index contributed by atoms with van der Waals surface area (Å²) in [6.07, 6.45) is 4.36. The summed E-state index contributed by atoms with van der Waals surface area (Å²) in [6.45, 7) is 7.18. The molecule has 1 fully saturated rings. The molecule has 3 aromatic carbocycles. The number of rotatable bonds is 11. The molecule has 0 spiro atoms. The lowest BCUT2D eigenvalue weighted by atomic mass is 10.1. The molecule has 7 nitrogen and oxygen atoms in total. The summed E-state index contributed by atoms with van der Waals surface area (Å²) in [4.78, 5) is 29.5. The van der Waals surface area contributed by atoms with Crippen LogP contribution in [0.1, 0.15) is 61.3 Å². The lowest BCUT2D eigenvalue weighted by molar-refractivity contribution is -0.140. The quantitative estimate of drug-likeness (QED) is 0.275. The van der Waals surface area contributed by atoms with Gasteiger partial charge in [-0.05, 0) is 75.4 Å². The number of nitrogens with zero attached hydrogens (tertiary/aromatic N) is 2. The van der Waals surface area contributed by atoms with Crippen molar-refractivity contribution in [3.8, 4) is 0 Å². The molecule has 3 aromatic rings. The summed E-state index contributed by atoms with van der Waals surface area (Å²) in [5, 5.41) is 3.50. The summed E-state index contributed by atoms with van der Waals surface area (Å²) in [7, 11) is -4.16. The summed E-state index contributed by atoms with van der Waals surface area (Å²) in [5.74, 6) is -0.683. The van der Waals surface area contributed by atoms with Crippen LogP contribution < -0.4 is 9.62 Å². The zero-order valence-corrected chi connectivity index (χ0v) is 26.3. The van der Waals surface area contributed by atoms with E-state index in [0.29, 0.717) is 22.7 Å². The third kappa shape index (κ3) is 7.53. The number of benzene rings is 3. The van der Waals surface area contributed by atoms with E-state index in [-0.39, 0.29) is 23.4 Å². The summed E-state index contributed by atoms with van der Waals surface area (Å²) >= 11 is 6.32. The van der Waals surface area contributed by atoms with Crippen molar-refractivity contribution in [3.63, 3.8) is 0 Å². The van der Waals surface area contributed by atoms with Gasteiger partial charge in [-0.3, -0.25) is 13.9 Å². The zero-order valence-electron chi connectivity index (χ0n) is 24.8. The number of amides is 2. The van der Waals surface area contributed by atoms with Crippen LogP contribution in [-0.4, -0.2) is 43.8 Å². The van der Waals surface area contributed by atoms with Gasteiger partial charge in [-0.2, -0.15) is 0 Å².